The van der Waals surface area contributed by atoms with Gasteiger partial charge in [-0.3, -0.25) is 0 Å². The molecule has 0 radical (unpaired) electrons. The van der Waals surface area contributed by atoms with Gasteiger partial charge in [-0.2, -0.15) is 0 Å². The molecule has 94 valence electrons. The zero-order valence-electron chi connectivity index (χ0n) is 11.8. The third kappa shape index (κ3) is 8.76. The van der Waals surface area contributed by atoms with E-state index in [2.05, 4.69) is 39.8 Å². The van der Waals surface area contributed by atoms with Crippen molar-refractivity contribution in [1.82, 2.24) is 0 Å². The van der Waals surface area contributed by atoms with E-state index in [4.69, 9.17) is 0 Å². The van der Waals surface area contributed by atoms with Gasteiger partial charge in [-0.05, 0) is 51.9 Å². The van der Waals surface area contributed by atoms with Crippen molar-refractivity contribution in [3.8, 4) is 0 Å². The van der Waals surface area contributed by atoms with Gasteiger partial charge < -0.3 is 0 Å². The maximum absolute atomic E-state index is 2.48. The third-order valence-corrected chi connectivity index (χ3v) is 3.07. The van der Waals surface area contributed by atoms with Crippen LogP contribution in [-0.2, 0) is 0 Å². The summed E-state index contributed by atoms with van der Waals surface area (Å²) in [5.41, 5.74) is 3.22. The van der Waals surface area contributed by atoms with E-state index >= 15 is 0 Å². The van der Waals surface area contributed by atoms with E-state index in [1.54, 1.807) is 11.1 Å². The van der Waals surface area contributed by atoms with Crippen molar-refractivity contribution < 1.29 is 0 Å². The topological polar surface area (TPSA) is 0 Å². The minimum atomic E-state index is 1.18. The van der Waals surface area contributed by atoms with E-state index in [-0.39, 0.29) is 0 Å². The Labute approximate surface area is 103 Å². The van der Waals surface area contributed by atoms with Gasteiger partial charge in [0.2, 0.25) is 0 Å². The van der Waals surface area contributed by atoms with Crippen LogP contribution in [-0.4, -0.2) is 0 Å². The molecule has 0 aromatic rings. The number of hydrogen-bond donors (Lipinski definition) is 0. The zero-order chi connectivity index (χ0) is 12.2. The molecule has 0 aromatic carbocycles. The molecule has 0 bridgehead atoms. The van der Waals surface area contributed by atoms with Crippen LogP contribution in [0.5, 0.6) is 0 Å². The molecule has 0 heteroatoms. The van der Waals surface area contributed by atoms with Gasteiger partial charge in [0.1, 0.15) is 0 Å². The first kappa shape index (κ1) is 15.5. The van der Waals surface area contributed by atoms with Crippen molar-refractivity contribution in [1.29, 1.82) is 0 Å². The van der Waals surface area contributed by atoms with Crippen LogP contribution < -0.4 is 0 Å². The Morgan fingerprint density at radius 3 is 2.25 bits per heavy atom. The lowest BCUT2D eigenvalue weighted by atomic mass is 10.0. The molecule has 0 aliphatic rings. The Hall–Kier alpha value is -0.520. The first-order valence-electron chi connectivity index (χ1n) is 7.08. The highest BCUT2D eigenvalue weighted by atomic mass is 14.0. The van der Waals surface area contributed by atoms with Gasteiger partial charge in [-0.1, -0.05) is 50.5 Å². The van der Waals surface area contributed by atoms with Gasteiger partial charge in [0, 0.05) is 0 Å². The van der Waals surface area contributed by atoms with E-state index in [0.29, 0.717) is 0 Å². The Bertz CT molecular complexity index is 208. The summed E-state index contributed by atoms with van der Waals surface area (Å²) in [5.74, 6) is 0. The van der Waals surface area contributed by atoms with Crippen LogP contribution in [0.4, 0.5) is 0 Å². The first-order chi connectivity index (χ1) is 7.74. The minimum absolute atomic E-state index is 1.18. The Balaban J connectivity index is 3.74. The molecule has 0 aromatic heterocycles. The fraction of sp³-hybridized carbons (Fsp3) is 0.750. The summed E-state index contributed by atoms with van der Waals surface area (Å²) in [6.45, 7) is 9.02. The number of unbranched alkanes of at least 4 members (excludes halogenated alkanes) is 2. The van der Waals surface area contributed by atoms with Crippen LogP contribution in [0.15, 0.2) is 23.3 Å². The predicted molar refractivity (Wildman–Crippen MR) is 75.8 cm³/mol. The summed E-state index contributed by atoms with van der Waals surface area (Å²) in [6.07, 6.45) is 15.1. The van der Waals surface area contributed by atoms with Gasteiger partial charge in [0.15, 0.2) is 0 Å². The first-order valence-corrected chi connectivity index (χ1v) is 7.08. The maximum atomic E-state index is 2.48. The summed E-state index contributed by atoms with van der Waals surface area (Å²) in [6, 6.07) is 0. The lowest BCUT2D eigenvalue weighted by molar-refractivity contribution is 0.751. The van der Waals surface area contributed by atoms with Gasteiger partial charge >= 0.3 is 0 Å². The standard InChI is InChI=1S/C16H30/c1-5-8-13-16(7-3)14-10-9-12-15(4)11-6-2/h11,14H,5-10,12-13H2,1-4H3. The van der Waals surface area contributed by atoms with Crippen molar-refractivity contribution in [2.24, 2.45) is 0 Å². The van der Waals surface area contributed by atoms with Crippen LogP contribution in [0.3, 0.4) is 0 Å². The molecule has 0 rings (SSSR count). The number of rotatable bonds is 9. The molecule has 0 atom stereocenters. The summed E-state index contributed by atoms with van der Waals surface area (Å²) >= 11 is 0. The van der Waals surface area contributed by atoms with Crippen LogP contribution in [0, 0.1) is 0 Å². The molecule has 0 saturated heterocycles. The number of hydrogen-bond acceptors (Lipinski definition) is 0. The molecule has 0 amide bonds. The highest BCUT2D eigenvalue weighted by Crippen LogP contribution is 2.14. The van der Waals surface area contributed by atoms with Crippen LogP contribution in [0.25, 0.3) is 0 Å². The molecule has 0 fully saturated rings. The SMILES string of the molecule is CCC=C(C)CCCC=C(CC)CCCC. The molecular formula is C16H30. The summed E-state index contributed by atoms with van der Waals surface area (Å²) in [5, 5.41) is 0. The lowest BCUT2D eigenvalue weighted by Crippen LogP contribution is -1.84. The summed E-state index contributed by atoms with van der Waals surface area (Å²) < 4.78 is 0. The van der Waals surface area contributed by atoms with Crippen molar-refractivity contribution in [3.63, 3.8) is 0 Å². The lowest BCUT2D eigenvalue weighted by Gasteiger charge is -2.04. The van der Waals surface area contributed by atoms with Crippen LogP contribution in [0.1, 0.15) is 79.1 Å². The van der Waals surface area contributed by atoms with Gasteiger partial charge in [-0.15, -0.1) is 0 Å². The largest absolute Gasteiger partial charge is 0.0859 e. The van der Waals surface area contributed by atoms with Crippen molar-refractivity contribution in [3.05, 3.63) is 23.3 Å². The average Bonchev–Trinajstić information content (AvgIpc) is 2.28. The van der Waals surface area contributed by atoms with E-state index in [1.165, 1.54) is 51.4 Å². The Kier molecular flexibility index (Phi) is 10.6. The zero-order valence-corrected chi connectivity index (χ0v) is 11.8. The second kappa shape index (κ2) is 11.0. The molecule has 0 N–H and O–H groups in total. The summed E-state index contributed by atoms with van der Waals surface area (Å²) in [7, 11) is 0. The predicted octanol–water partition coefficient (Wildman–Crippen LogP) is 6.04. The van der Waals surface area contributed by atoms with E-state index in [9.17, 15) is 0 Å². The molecule has 16 heavy (non-hydrogen) atoms. The van der Waals surface area contributed by atoms with E-state index in [1.807, 2.05) is 0 Å². The molecule has 0 saturated carbocycles. The highest BCUT2D eigenvalue weighted by Gasteiger charge is 1.94. The minimum Gasteiger partial charge on any atom is -0.0859 e. The van der Waals surface area contributed by atoms with Gasteiger partial charge in [-0.25, -0.2) is 0 Å². The number of allylic oxidation sites excluding steroid dienone is 4. The van der Waals surface area contributed by atoms with E-state index in [0.717, 1.165) is 0 Å². The van der Waals surface area contributed by atoms with E-state index < -0.39 is 0 Å². The molecule has 0 spiro atoms. The normalized spacial score (nSPS) is 13.2. The van der Waals surface area contributed by atoms with Crippen molar-refractivity contribution in [2.45, 2.75) is 79.1 Å². The quantitative estimate of drug-likeness (QED) is 0.329. The second-order valence-electron chi connectivity index (χ2n) is 4.67. The van der Waals surface area contributed by atoms with Crippen LogP contribution in [0.2, 0.25) is 0 Å². The molecule has 0 nitrogen and oxygen atoms in total. The Morgan fingerprint density at radius 1 is 0.938 bits per heavy atom. The molecule has 0 aliphatic carbocycles. The fourth-order valence-electron chi connectivity index (χ4n) is 1.96. The average molecular weight is 222 g/mol. The molecule has 0 heterocycles. The van der Waals surface area contributed by atoms with Gasteiger partial charge in [0.25, 0.3) is 0 Å². The van der Waals surface area contributed by atoms with Gasteiger partial charge in [0.05, 0.1) is 0 Å². The second-order valence-corrected chi connectivity index (χ2v) is 4.67. The third-order valence-electron chi connectivity index (χ3n) is 3.07. The smallest absolute Gasteiger partial charge is 0.0320 e. The summed E-state index contributed by atoms with van der Waals surface area (Å²) in [4.78, 5) is 0. The Morgan fingerprint density at radius 2 is 1.69 bits per heavy atom. The van der Waals surface area contributed by atoms with Crippen LogP contribution >= 0.6 is 0 Å². The molecular weight excluding hydrogens is 192 g/mol. The molecule has 0 aliphatic heterocycles. The van der Waals surface area contributed by atoms with Crippen molar-refractivity contribution in [2.75, 3.05) is 0 Å². The fourth-order valence-corrected chi connectivity index (χ4v) is 1.96. The molecule has 0 unspecified atom stereocenters. The maximum Gasteiger partial charge on any atom is -0.0320 e. The highest BCUT2D eigenvalue weighted by molar-refractivity contribution is 5.02. The van der Waals surface area contributed by atoms with Crippen molar-refractivity contribution >= 4 is 0 Å². The monoisotopic (exact) mass is 222 g/mol.